The molecule has 0 saturated heterocycles. The van der Waals surface area contributed by atoms with Gasteiger partial charge < -0.3 is 15.0 Å². The molecule has 2 N–H and O–H groups in total. The Morgan fingerprint density at radius 1 is 1.32 bits per heavy atom. The lowest BCUT2D eigenvalue weighted by atomic mass is 10.1. The number of H-pyrrole nitrogens is 1. The molecule has 134 valence electrons. The number of carbonyl (C=O) groups is 1. The standard InChI is InChI=1S/C17H19F2N3O3/c1-10-13(16(24)22-11(2)21-10)7-8-15(23)20-9-12-5-3-4-6-14(12)25-17(18)19/h3-6,17H,7-9H2,1-2H3,(H,20,23)(H,21,22,24). The Morgan fingerprint density at radius 3 is 2.72 bits per heavy atom. The molecule has 25 heavy (non-hydrogen) atoms. The summed E-state index contributed by atoms with van der Waals surface area (Å²) in [5.41, 5.74) is 1.24. The SMILES string of the molecule is Cc1nc(C)c(CCC(=O)NCc2ccccc2OC(F)F)c(=O)[nH]1. The second-order valence-electron chi connectivity index (χ2n) is 5.48. The number of carbonyl (C=O) groups excluding carboxylic acids is 1. The van der Waals surface area contributed by atoms with Gasteiger partial charge in [-0.05, 0) is 26.3 Å². The zero-order valence-corrected chi connectivity index (χ0v) is 13.9. The van der Waals surface area contributed by atoms with Crippen LogP contribution in [-0.2, 0) is 17.8 Å². The van der Waals surface area contributed by atoms with Crippen LogP contribution in [0.1, 0.15) is 29.1 Å². The predicted molar refractivity (Wildman–Crippen MR) is 87.6 cm³/mol. The fourth-order valence-electron chi connectivity index (χ4n) is 2.43. The molecule has 0 saturated carbocycles. The number of nitrogens with zero attached hydrogens (tertiary/aromatic N) is 1. The first-order valence-corrected chi connectivity index (χ1v) is 7.72. The zero-order chi connectivity index (χ0) is 18.4. The molecule has 2 rings (SSSR count). The first-order chi connectivity index (χ1) is 11.9. The van der Waals surface area contributed by atoms with Gasteiger partial charge in [-0.1, -0.05) is 18.2 Å². The number of hydrogen-bond acceptors (Lipinski definition) is 4. The van der Waals surface area contributed by atoms with Gasteiger partial charge in [0, 0.05) is 29.8 Å². The molecular weight excluding hydrogens is 332 g/mol. The van der Waals surface area contributed by atoms with E-state index in [2.05, 4.69) is 20.0 Å². The molecule has 8 heteroatoms. The van der Waals surface area contributed by atoms with E-state index >= 15 is 0 Å². The second-order valence-corrected chi connectivity index (χ2v) is 5.48. The van der Waals surface area contributed by atoms with Crippen molar-refractivity contribution in [3.05, 3.63) is 57.3 Å². The molecule has 0 aliphatic heterocycles. The number of aromatic amines is 1. The number of ether oxygens (including phenoxy) is 1. The Balaban J connectivity index is 1.93. The normalized spacial score (nSPS) is 10.8. The molecule has 1 amide bonds. The molecule has 6 nitrogen and oxygen atoms in total. The van der Waals surface area contributed by atoms with Crippen molar-refractivity contribution in [2.75, 3.05) is 0 Å². The summed E-state index contributed by atoms with van der Waals surface area (Å²) in [6.45, 7) is 0.529. The molecule has 0 atom stereocenters. The number of nitrogens with one attached hydrogen (secondary N) is 2. The summed E-state index contributed by atoms with van der Waals surface area (Å²) in [5, 5.41) is 2.64. The number of alkyl halides is 2. The topological polar surface area (TPSA) is 84.1 Å². The summed E-state index contributed by atoms with van der Waals surface area (Å²) in [6, 6.07) is 6.24. The fraction of sp³-hybridized carbons (Fsp3) is 0.353. The van der Waals surface area contributed by atoms with Crippen LogP contribution in [-0.4, -0.2) is 22.5 Å². The van der Waals surface area contributed by atoms with E-state index in [4.69, 9.17) is 0 Å². The van der Waals surface area contributed by atoms with Crippen LogP contribution in [0, 0.1) is 13.8 Å². The van der Waals surface area contributed by atoms with Crippen molar-refractivity contribution in [2.45, 2.75) is 39.8 Å². The summed E-state index contributed by atoms with van der Waals surface area (Å²) in [4.78, 5) is 30.6. The minimum absolute atomic E-state index is 0.0211. The van der Waals surface area contributed by atoms with E-state index in [1.807, 2.05) is 0 Å². The van der Waals surface area contributed by atoms with Crippen LogP contribution in [0.4, 0.5) is 8.78 Å². The maximum atomic E-state index is 12.4. The Morgan fingerprint density at radius 2 is 2.04 bits per heavy atom. The van der Waals surface area contributed by atoms with Crippen LogP contribution in [0.3, 0.4) is 0 Å². The molecule has 0 spiro atoms. The van der Waals surface area contributed by atoms with E-state index < -0.39 is 6.61 Å². The largest absolute Gasteiger partial charge is 0.434 e. The van der Waals surface area contributed by atoms with Gasteiger partial charge in [0.2, 0.25) is 5.91 Å². The highest BCUT2D eigenvalue weighted by molar-refractivity contribution is 5.76. The van der Waals surface area contributed by atoms with Gasteiger partial charge in [-0.15, -0.1) is 0 Å². The van der Waals surface area contributed by atoms with E-state index in [9.17, 15) is 18.4 Å². The van der Waals surface area contributed by atoms with E-state index in [1.165, 1.54) is 6.07 Å². The number of halogens is 2. The maximum absolute atomic E-state index is 12.4. The summed E-state index contributed by atoms with van der Waals surface area (Å²) in [7, 11) is 0. The molecule has 0 bridgehead atoms. The molecule has 2 aromatic rings. The number of para-hydroxylation sites is 1. The highest BCUT2D eigenvalue weighted by atomic mass is 19.3. The van der Waals surface area contributed by atoms with Gasteiger partial charge in [0.15, 0.2) is 0 Å². The molecule has 0 unspecified atom stereocenters. The lowest BCUT2D eigenvalue weighted by molar-refractivity contribution is -0.121. The molecule has 0 aliphatic rings. The van der Waals surface area contributed by atoms with E-state index in [1.54, 1.807) is 32.0 Å². The number of rotatable bonds is 7. The van der Waals surface area contributed by atoms with Crippen molar-refractivity contribution >= 4 is 5.91 Å². The smallest absolute Gasteiger partial charge is 0.387 e. The van der Waals surface area contributed by atoms with Crippen LogP contribution >= 0.6 is 0 Å². The highest BCUT2D eigenvalue weighted by Crippen LogP contribution is 2.20. The number of aromatic nitrogens is 2. The number of amides is 1. The summed E-state index contributed by atoms with van der Waals surface area (Å²) < 4.78 is 29.1. The van der Waals surface area contributed by atoms with E-state index in [0.717, 1.165) is 0 Å². The molecule has 1 aromatic heterocycles. The van der Waals surface area contributed by atoms with Crippen molar-refractivity contribution in [3.8, 4) is 5.75 Å². The summed E-state index contributed by atoms with van der Waals surface area (Å²) in [5.74, 6) is 0.241. The van der Waals surface area contributed by atoms with Crippen LogP contribution in [0.2, 0.25) is 0 Å². The Bertz CT molecular complexity index is 806. The summed E-state index contributed by atoms with van der Waals surface area (Å²) >= 11 is 0. The quantitative estimate of drug-likeness (QED) is 0.801. The molecule has 1 heterocycles. The Labute approximate surface area is 143 Å². The lowest BCUT2D eigenvalue weighted by Crippen LogP contribution is -2.25. The minimum Gasteiger partial charge on any atom is -0.434 e. The van der Waals surface area contributed by atoms with Gasteiger partial charge in [0.05, 0.1) is 0 Å². The average molecular weight is 351 g/mol. The maximum Gasteiger partial charge on any atom is 0.387 e. The third-order valence-corrected chi connectivity index (χ3v) is 3.61. The Kier molecular flexibility index (Phi) is 6.21. The summed E-state index contributed by atoms with van der Waals surface area (Å²) in [6.07, 6.45) is 0.335. The van der Waals surface area contributed by atoms with Gasteiger partial charge in [0.1, 0.15) is 11.6 Å². The Hall–Kier alpha value is -2.77. The fourth-order valence-corrected chi connectivity index (χ4v) is 2.43. The molecule has 0 fully saturated rings. The van der Waals surface area contributed by atoms with Crippen molar-refractivity contribution in [1.29, 1.82) is 0 Å². The number of aryl methyl sites for hydroxylation is 2. The van der Waals surface area contributed by atoms with Gasteiger partial charge in [-0.25, -0.2) is 4.98 Å². The zero-order valence-electron chi connectivity index (χ0n) is 13.9. The van der Waals surface area contributed by atoms with Gasteiger partial charge in [-0.3, -0.25) is 9.59 Å². The average Bonchev–Trinajstić information content (AvgIpc) is 2.52. The molecule has 0 radical (unpaired) electrons. The van der Waals surface area contributed by atoms with Crippen molar-refractivity contribution in [3.63, 3.8) is 0 Å². The molecule has 1 aromatic carbocycles. The number of benzene rings is 1. The van der Waals surface area contributed by atoms with Gasteiger partial charge in [0.25, 0.3) is 5.56 Å². The van der Waals surface area contributed by atoms with Crippen LogP contribution < -0.4 is 15.6 Å². The molecular formula is C17H19F2N3O3. The van der Waals surface area contributed by atoms with Crippen LogP contribution in [0.15, 0.2) is 29.1 Å². The van der Waals surface area contributed by atoms with Crippen molar-refractivity contribution in [1.82, 2.24) is 15.3 Å². The number of hydrogen-bond donors (Lipinski definition) is 2. The second kappa shape index (κ2) is 8.36. The highest BCUT2D eigenvalue weighted by Gasteiger charge is 2.12. The van der Waals surface area contributed by atoms with Crippen LogP contribution in [0.25, 0.3) is 0 Å². The first kappa shape index (κ1) is 18.6. The van der Waals surface area contributed by atoms with Crippen molar-refractivity contribution < 1.29 is 18.3 Å². The van der Waals surface area contributed by atoms with Gasteiger partial charge in [-0.2, -0.15) is 8.78 Å². The first-order valence-electron chi connectivity index (χ1n) is 7.72. The predicted octanol–water partition coefficient (Wildman–Crippen LogP) is 2.24. The van der Waals surface area contributed by atoms with Gasteiger partial charge >= 0.3 is 6.61 Å². The minimum atomic E-state index is -2.93. The van der Waals surface area contributed by atoms with E-state index in [-0.39, 0.29) is 36.6 Å². The monoisotopic (exact) mass is 351 g/mol. The lowest BCUT2D eigenvalue weighted by Gasteiger charge is -2.11. The van der Waals surface area contributed by atoms with Crippen molar-refractivity contribution in [2.24, 2.45) is 0 Å². The third-order valence-electron chi connectivity index (χ3n) is 3.61. The van der Waals surface area contributed by atoms with Crippen LogP contribution in [0.5, 0.6) is 5.75 Å². The van der Waals surface area contributed by atoms with E-state index in [0.29, 0.717) is 22.6 Å². The molecule has 0 aliphatic carbocycles. The third kappa shape index (κ3) is 5.37.